The van der Waals surface area contributed by atoms with Crippen LogP contribution in [0, 0.1) is 19.8 Å². The van der Waals surface area contributed by atoms with E-state index in [1.165, 1.54) is 17.7 Å². The molecule has 0 spiro atoms. The van der Waals surface area contributed by atoms with E-state index in [0.717, 1.165) is 10.7 Å². The molecule has 2 rings (SSSR count). The molecule has 1 aromatic rings. The minimum atomic E-state index is -0.463. The first-order chi connectivity index (χ1) is 10.7. The fraction of sp³-hybridized carbons (Fsp3) is 0.765. The molecule has 2 unspecified atom stereocenters. The quantitative estimate of drug-likeness (QED) is 0.829. The highest BCUT2D eigenvalue weighted by molar-refractivity contribution is 7.11. The summed E-state index contributed by atoms with van der Waals surface area (Å²) >= 11 is 1.73. The van der Waals surface area contributed by atoms with Crippen molar-refractivity contribution in [2.24, 2.45) is 5.92 Å². The summed E-state index contributed by atoms with van der Waals surface area (Å²) < 4.78 is 5.31. The molecule has 1 saturated carbocycles. The molecule has 23 heavy (non-hydrogen) atoms. The minimum Gasteiger partial charge on any atom is -0.444 e. The van der Waals surface area contributed by atoms with E-state index in [4.69, 9.17) is 4.74 Å². The van der Waals surface area contributed by atoms with E-state index in [9.17, 15) is 4.79 Å². The predicted molar refractivity (Wildman–Crippen MR) is 93.9 cm³/mol. The average Bonchev–Trinajstić information content (AvgIpc) is 3.17. The Morgan fingerprint density at radius 2 is 2.04 bits per heavy atom. The van der Waals surface area contributed by atoms with E-state index in [0.29, 0.717) is 12.5 Å². The summed E-state index contributed by atoms with van der Waals surface area (Å²) in [5.41, 5.74) is 0.658. The molecular weight excluding hydrogens is 310 g/mol. The minimum absolute atomic E-state index is 0.186. The van der Waals surface area contributed by atoms with Gasteiger partial charge in [-0.25, -0.2) is 9.78 Å². The zero-order chi connectivity index (χ0) is 17.2. The number of carbonyl (C=O) groups is 1. The number of hydrogen-bond acceptors (Lipinski definition) is 5. The van der Waals surface area contributed by atoms with E-state index in [2.05, 4.69) is 29.5 Å². The van der Waals surface area contributed by atoms with Crippen LogP contribution in [0.25, 0.3) is 0 Å². The summed E-state index contributed by atoms with van der Waals surface area (Å²) in [5, 5.41) is 7.64. The summed E-state index contributed by atoms with van der Waals surface area (Å²) in [7, 11) is 0. The van der Waals surface area contributed by atoms with Crippen LogP contribution in [-0.4, -0.2) is 29.3 Å². The number of nitrogens with one attached hydrogen (secondary N) is 2. The molecule has 1 amide bonds. The van der Waals surface area contributed by atoms with E-state index < -0.39 is 5.60 Å². The van der Waals surface area contributed by atoms with Crippen LogP contribution < -0.4 is 10.6 Å². The highest BCUT2D eigenvalue weighted by Gasteiger charge is 2.33. The number of carbonyl (C=O) groups excluding carboxylic acids is 1. The SMILES string of the molecule is Cc1nc(C(C)NC(CNC(=O)OC(C)(C)C)C2CC2)c(C)s1. The number of hydrogen-bond donors (Lipinski definition) is 2. The largest absolute Gasteiger partial charge is 0.444 e. The van der Waals surface area contributed by atoms with E-state index in [1.807, 2.05) is 27.7 Å². The van der Waals surface area contributed by atoms with Crippen molar-refractivity contribution in [2.75, 3.05) is 6.54 Å². The van der Waals surface area contributed by atoms with Gasteiger partial charge in [0.2, 0.25) is 0 Å². The molecule has 6 heteroatoms. The molecule has 2 N–H and O–H groups in total. The molecule has 1 aromatic heterocycles. The van der Waals surface area contributed by atoms with E-state index in [1.54, 1.807) is 11.3 Å². The molecular formula is C17H29N3O2S. The third kappa shape index (κ3) is 5.77. The van der Waals surface area contributed by atoms with Crippen molar-refractivity contribution < 1.29 is 9.53 Å². The van der Waals surface area contributed by atoms with Crippen molar-refractivity contribution >= 4 is 17.4 Å². The van der Waals surface area contributed by atoms with Crippen LogP contribution in [-0.2, 0) is 4.74 Å². The van der Waals surface area contributed by atoms with Gasteiger partial charge in [0.05, 0.1) is 10.7 Å². The van der Waals surface area contributed by atoms with Gasteiger partial charge in [-0.2, -0.15) is 0 Å². The lowest BCUT2D eigenvalue weighted by molar-refractivity contribution is 0.0520. The summed E-state index contributed by atoms with van der Waals surface area (Å²) in [6, 6.07) is 0.449. The second kappa shape index (κ2) is 7.18. The lowest BCUT2D eigenvalue weighted by atomic mass is 10.1. The Labute approximate surface area is 143 Å². The molecule has 1 aliphatic rings. The first-order valence-electron chi connectivity index (χ1n) is 8.32. The maximum Gasteiger partial charge on any atom is 0.407 e. The standard InChI is InChI=1S/C17H29N3O2S/c1-10(15-11(2)23-12(3)20-15)19-14(13-7-8-13)9-18-16(21)22-17(4,5)6/h10,13-14,19H,7-9H2,1-6H3,(H,18,21). The summed E-state index contributed by atoms with van der Waals surface area (Å²) in [4.78, 5) is 17.7. The topological polar surface area (TPSA) is 63.2 Å². The van der Waals surface area contributed by atoms with Crippen LogP contribution >= 0.6 is 11.3 Å². The number of ether oxygens (including phenoxy) is 1. The number of alkyl carbamates (subject to hydrolysis) is 1. The molecule has 0 radical (unpaired) electrons. The third-order valence-corrected chi connectivity index (χ3v) is 4.77. The van der Waals surface area contributed by atoms with E-state index >= 15 is 0 Å². The Morgan fingerprint density at radius 1 is 1.39 bits per heavy atom. The number of aryl methyl sites for hydroxylation is 2. The zero-order valence-corrected chi connectivity index (χ0v) is 15.8. The van der Waals surface area contributed by atoms with Crippen molar-refractivity contribution in [3.63, 3.8) is 0 Å². The monoisotopic (exact) mass is 339 g/mol. The zero-order valence-electron chi connectivity index (χ0n) is 15.0. The van der Waals surface area contributed by atoms with Crippen LogP contribution in [0.4, 0.5) is 4.79 Å². The second-order valence-electron chi connectivity index (χ2n) is 7.39. The van der Waals surface area contributed by atoms with Gasteiger partial charge in [0.25, 0.3) is 0 Å². The van der Waals surface area contributed by atoms with Crippen molar-refractivity contribution in [1.82, 2.24) is 15.6 Å². The fourth-order valence-corrected chi connectivity index (χ4v) is 3.63. The van der Waals surface area contributed by atoms with Gasteiger partial charge in [0.15, 0.2) is 0 Å². The molecule has 1 heterocycles. The van der Waals surface area contributed by atoms with Gasteiger partial charge >= 0.3 is 6.09 Å². The predicted octanol–water partition coefficient (Wildman–Crippen LogP) is 3.71. The number of aromatic nitrogens is 1. The molecule has 1 fully saturated rings. The smallest absolute Gasteiger partial charge is 0.407 e. The van der Waals surface area contributed by atoms with Crippen LogP contribution in [0.1, 0.15) is 62.2 Å². The molecule has 0 aliphatic heterocycles. The van der Waals surface area contributed by atoms with Crippen LogP contribution in [0.3, 0.4) is 0 Å². The van der Waals surface area contributed by atoms with Crippen molar-refractivity contribution in [2.45, 2.75) is 72.1 Å². The van der Waals surface area contributed by atoms with Crippen LogP contribution in [0.15, 0.2) is 0 Å². The van der Waals surface area contributed by atoms with E-state index in [-0.39, 0.29) is 18.2 Å². The Morgan fingerprint density at radius 3 is 2.52 bits per heavy atom. The van der Waals surface area contributed by atoms with Crippen LogP contribution in [0.2, 0.25) is 0 Å². The molecule has 0 saturated heterocycles. The van der Waals surface area contributed by atoms with Gasteiger partial charge in [0.1, 0.15) is 5.60 Å². The lowest BCUT2D eigenvalue weighted by Gasteiger charge is -2.25. The molecule has 5 nitrogen and oxygen atoms in total. The number of rotatable bonds is 6. The summed E-state index contributed by atoms with van der Waals surface area (Å²) in [6.45, 7) is 12.5. The maximum absolute atomic E-state index is 11.8. The summed E-state index contributed by atoms with van der Waals surface area (Å²) in [6.07, 6.45) is 2.09. The number of nitrogens with zero attached hydrogens (tertiary/aromatic N) is 1. The third-order valence-electron chi connectivity index (χ3n) is 3.87. The molecule has 2 atom stereocenters. The van der Waals surface area contributed by atoms with Crippen molar-refractivity contribution in [1.29, 1.82) is 0 Å². The maximum atomic E-state index is 11.8. The first kappa shape index (κ1) is 18.2. The van der Waals surface area contributed by atoms with Gasteiger partial charge in [-0.05, 0) is 60.3 Å². The van der Waals surface area contributed by atoms with Gasteiger partial charge in [-0.15, -0.1) is 11.3 Å². The Balaban J connectivity index is 1.89. The highest BCUT2D eigenvalue weighted by Crippen LogP contribution is 2.34. The van der Waals surface area contributed by atoms with Gasteiger partial charge in [-0.1, -0.05) is 0 Å². The van der Waals surface area contributed by atoms with Crippen molar-refractivity contribution in [3.05, 3.63) is 15.6 Å². The number of thiazole rings is 1. The molecule has 1 aliphatic carbocycles. The first-order valence-corrected chi connectivity index (χ1v) is 9.14. The Hall–Kier alpha value is -1.14. The second-order valence-corrected chi connectivity index (χ2v) is 8.80. The highest BCUT2D eigenvalue weighted by atomic mass is 32.1. The number of amides is 1. The molecule has 0 aromatic carbocycles. The molecule has 0 bridgehead atoms. The van der Waals surface area contributed by atoms with Gasteiger partial charge < -0.3 is 15.4 Å². The van der Waals surface area contributed by atoms with Gasteiger partial charge in [-0.3, -0.25) is 0 Å². The van der Waals surface area contributed by atoms with Crippen LogP contribution in [0.5, 0.6) is 0 Å². The summed E-state index contributed by atoms with van der Waals surface area (Å²) in [5.74, 6) is 0.632. The van der Waals surface area contributed by atoms with Crippen molar-refractivity contribution in [3.8, 4) is 0 Å². The fourth-order valence-electron chi connectivity index (χ4n) is 2.71. The molecule has 130 valence electrons. The normalized spacial score (nSPS) is 17.7. The lowest BCUT2D eigenvalue weighted by Crippen LogP contribution is -2.44. The average molecular weight is 340 g/mol. The Kier molecular flexibility index (Phi) is 5.68. The van der Waals surface area contributed by atoms with Gasteiger partial charge in [0, 0.05) is 23.5 Å². The Bertz CT molecular complexity index is 547.